The van der Waals surface area contributed by atoms with Gasteiger partial charge in [0.1, 0.15) is 6.04 Å². The molecule has 2 N–H and O–H groups in total. The summed E-state index contributed by atoms with van der Waals surface area (Å²) in [6, 6.07) is 1.46. The van der Waals surface area contributed by atoms with Gasteiger partial charge in [-0.15, -0.1) is 0 Å². The van der Waals surface area contributed by atoms with Crippen molar-refractivity contribution in [1.82, 2.24) is 15.1 Å². The fourth-order valence-electron chi connectivity index (χ4n) is 1.83. The maximum absolute atomic E-state index is 12.0. The molecule has 0 bridgehead atoms. The van der Waals surface area contributed by atoms with Crippen molar-refractivity contribution in [2.75, 3.05) is 13.2 Å². The summed E-state index contributed by atoms with van der Waals surface area (Å²) in [5.74, 6) is -0.0709. The number of amides is 1. The molecule has 0 radical (unpaired) electrons. The summed E-state index contributed by atoms with van der Waals surface area (Å²) in [5.41, 5.74) is -0.209. The molecule has 1 amide bonds. The highest BCUT2D eigenvalue weighted by atomic mass is 16.3. The summed E-state index contributed by atoms with van der Waals surface area (Å²) in [6.45, 7) is 6.46. The molecule has 1 rings (SSSR count). The smallest absolute Gasteiger partial charge is 0.244 e. The molecule has 0 aromatic carbocycles. The molecule has 0 aliphatic rings. The quantitative estimate of drug-likeness (QED) is 0.771. The fourth-order valence-corrected chi connectivity index (χ4v) is 1.83. The van der Waals surface area contributed by atoms with Gasteiger partial charge >= 0.3 is 0 Å². The van der Waals surface area contributed by atoms with Gasteiger partial charge in [0.2, 0.25) is 5.91 Å². The highest BCUT2D eigenvalue weighted by Crippen LogP contribution is 2.24. The van der Waals surface area contributed by atoms with E-state index in [1.165, 1.54) is 0 Å². The third-order valence-electron chi connectivity index (χ3n) is 3.77. The van der Waals surface area contributed by atoms with Gasteiger partial charge in [-0.3, -0.25) is 9.48 Å². The molecule has 0 aliphatic heterocycles. The van der Waals surface area contributed by atoms with E-state index in [4.69, 9.17) is 0 Å². The van der Waals surface area contributed by atoms with Crippen molar-refractivity contribution in [2.24, 2.45) is 5.41 Å². The molecule has 0 aliphatic carbocycles. The Hall–Kier alpha value is -1.36. The van der Waals surface area contributed by atoms with Gasteiger partial charge in [0.05, 0.1) is 6.61 Å². The van der Waals surface area contributed by atoms with E-state index in [0.717, 1.165) is 12.8 Å². The Bertz CT molecular complexity index is 350. The summed E-state index contributed by atoms with van der Waals surface area (Å²) in [5, 5.41) is 16.4. The summed E-state index contributed by atoms with van der Waals surface area (Å²) in [7, 11) is 0. The lowest BCUT2D eigenvalue weighted by molar-refractivity contribution is -0.124. The predicted octanol–water partition coefficient (Wildman–Crippen LogP) is 1.36. The Morgan fingerprint density at radius 2 is 2.17 bits per heavy atom. The number of hydrogen-bond acceptors (Lipinski definition) is 3. The molecule has 1 aromatic heterocycles. The van der Waals surface area contributed by atoms with E-state index in [9.17, 15) is 9.90 Å². The first-order valence-corrected chi connectivity index (χ1v) is 6.46. The van der Waals surface area contributed by atoms with Crippen molar-refractivity contribution in [2.45, 2.75) is 39.7 Å². The average Bonchev–Trinajstić information content (AvgIpc) is 2.93. The number of carbonyl (C=O) groups is 1. The van der Waals surface area contributed by atoms with Gasteiger partial charge in [-0.05, 0) is 25.8 Å². The van der Waals surface area contributed by atoms with Gasteiger partial charge < -0.3 is 10.4 Å². The molecule has 0 saturated heterocycles. The number of nitrogens with zero attached hydrogens (tertiary/aromatic N) is 2. The Morgan fingerprint density at radius 3 is 2.61 bits per heavy atom. The van der Waals surface area contributed by atoms with Crippen LogP contribution in [0.15, 0.2) is 18.5 Å². The number of carbonyl (C=O) groups excluding carboxylic acids is 1. The van der Waals surface area contributed by atoms with Crippen LogP contribution < -0.4 is 5.32 Å². The van der Waals surface area contributed by atoms with E-state index < -0.39 is 0 Å². The first kappa shape index (κ1) is 14.7. The Labute approximate surface area is 108 Å². The van der Waals surface area contributed by atoms with Gasteiger partial charge in [-0.1, -0.05) is 13.8 Å². The van der Waals surface area contributed by atoms with Crippen LogP contribution in [0.2, 0.25) is 0 Å². The first-order valence-electron chi connectivity index (χ1n) is 6.46. The van der Waals surface area contributed by atoms with E-state index >= 15 is 0 Å². The molecule has 5 nitrogen and oxygen atoms in total. The van der Waals surface area contributed by atoms with E-state index in [1.807, 2.05) is 13.8 Å². The van der Waals surface area contributed by atoms with Crippen molar-refractivity contribution in [3.8, 4) is 0 Å². The van der Waals surface area contributed by atoms with Gasteiger partial charge in [0, 0.05) is 24.4 Å². The lowest BCUT2D eigenvalue weighted by Gasteiger charge is -2.30. The maximum atomic E-state index is 12.0. The molecule has 0 saturated carbocycles. The number of aromatic nitrogens is 2. The maximum Gasteiger partial charge on any atom is 0.244 e. The molecular weight excluding hydrogens is 230 g/mol. The van der Waals surface area contributed by atoms with Crippen LogP contribution in [0.4, 0.5) is 0 Å². The fraction of sp³-hybridized carbons (Fsp3) is 0.692. The van der Waals surface area contributed by atoms with Crippen LogP contribution >= 0.6 is 0 Å². The summed E-state index contributed by atoms with van der Waals surface area (Å²) < 4.78 is 1.62. The van der Waals surface area contributed by atoms with Crippen molar-refractivity contribution in [1.29, 1.82) is 0 Å². The zero-order chi connectivity index (χ0) is 13.6. The molecule has 0 spiro atoms. The zero-order valence-corrected chi connectivity index (χ0v) is 11.4. The Kier molecular flexibility index (Phi) is 5.34. The number of aliphatic hydroxyl groups excluding tert-OH is 1. The van der Waals surface area contributed by atoms with E-state index in [0.29, 0.717) is 6.54 Å². The van der Waals surface area contributed by atoms with Crippen LogP contribution in [0.1, 0.15) is 39.7 Å². The highest BCUT2D eigenvalue weighted by molar-refractivity contribution is 5.79. The largest absolute Gasteiger partial charge is 0.396 e. The van der Waals surface area contributed by atoms with E-state index in [1.54, 1.807) is 30.1 Å². The third kappa shape index (κ3) is 3.32. The minimum atomic E-state index is -0.329. The molecule has 5 heteroatoms. The standard InChI is InChI=1S/C13H23N3O2/c1-4-13(5-2,10-17)9-14-12(18)11(3)16-8-6-7-15-16/h6-8,11,17H,4-5,9-10H2,1-3H3,(H,14,18). The molecule has 1 atom stereocenters. The molecule has 1 heterocycles. The second-order valence-electron chi connectivity index (χ2n) is 4.75. The van der Waals surface area contributed by atoms with Crippen molar-refractivity contribution >= 4 is 5.91 Å². The number of nitrogens with one attached hydrogen (secondary N) is 1. The summed E-state index contributed by atoms with van der Waals surface area (Å²) in [4.78, 5) is 12.0. The van der Waals surface area contributed by atoms with Crippen molar-refractivity contribution in [3.05, 3.63) is 18.5 Å². The summed E-state index contributed by atoms with van der Waals surface area (Å²) >= 11 is 0. The van der Waals surface area contributed by atoms with Gasteiger partial charge in [0.25, 0.3) is 0 Å². The average molecular weight is 253 g/mol. The van der Waals surface area contributed by atoms with Crippen LogP contribution in [-0.2, 0) is 4.79 Å². The SMILES string of the molecule is CCC(CC)(CO)CNC(=O)C(C)n1cccn1. The van der Waals surface area contributed by atoms with Crippen molar-refractivity contribution < 1.29 is 9.90 Å². The molecule has 1 unspecified atom stereocenters. The van der Waals surface area contributed by atoms with Gasteiger partial charge in [-0.25, -0.2) is 0 Å². The molecule has 0 fully saturated rings. The normalized spacial score (nSPS) is 13.3. The minimum Gasteiger partial charge on any atom is -0.396 e. The number of aliphatic hydroxyl groups is 1. The lowest BCUT2D eigenvalue weighted by atomic mass is 9.83. The first-order chi connectivity index (χ1) is 8.58. The van der Waals surface area contributed by atoms with E-state index in [2.05, 4.69) is 10.4 Å². The Morgan fingerprint density at radius 1 is 1.50 bits per heavy atom. The Balaban J connectivity index is 2.55. The minimum absolute atomic E-state index is 0.0709. The summed E-state index contributed by atoms with van der Waals surface area (Å²) in [6.07, 6.45) is 5.11. The number of hydrogen-bond donors (Lipinski definition) is 2. The second kappa shape index (κ2) is 6.54. The van der Waals surface area contributed by atoms with Crippen LogP contribution in [0.25, 0.3) is 0 Å². The second-order valence-corrected chi connectivity index (χ2v) is 4.75. The van der Waals surface area contributed by atoms with Gasteiger partial charge in [-0.2, -0.15) is 5.10 Å². The monoisotopic (exact) mass is 253 g/mol. The molecule has 18 heavy (non-hydrogen) atoms. The lowest BCUT2D eigenvalue weighted by Crippen LogP contribution is -2.41. The van der Waals surface area contributed by atoms with Crippen LogP contribution in [-0.4, -0.2) is 33.9 Å². The van der Waals surface area contributed by atoms with Crippen LogP contribution in [0.5, 0.6) is 0 Å². The zero-order valence-electron chi connectivity index (χ0n) is 11.4. The molecule has 1 aromatic rings. The topological polar surface area (TPSA) is 67.2 Å². The number of rotatable bonds is 7. The predicted molar refractivity (Wildman–Crippen MR) is 70.0 cm³/mol. The van der Waals surface area contributed by atoms with Crippen LogP contribution in [0.3, 0.4) is 0 Å². The third-order valence-corrected chi connectivity index (χ3v) is 3.77. The van der Waals surface area contributed by atoms with Gasteiger partial charge in [0.15, 0.2) is 0 Å². The molecule has 102 valence electrons. The van der Waals surface area contributed by atoms with E-state index in [-0.39, 0.29) is 24.0 Å². The van der Waals surface area contributed by atoms with Crippen molar-refractivity contribution in [3.63, 3.8) is 0 Å². The van der Waals surface area contributed by atoms with Crippen LogP contribution in [0, 0.1) is 5.41 Å². The molecular formula is C13H23N3O2. The highest BCUT2D eigenvalue weighted by Gasteiger charge is 2.27.